The maximum Gasteiger partial charge on any atom is 0.129 e. The van der Waals surface area contributed by atoms with Crippen LogP contribution in [-0.2, 0) is 6.42 Å². The van der Waals surface area contributed by atoms with Crippen LogP contribution < -0.4 is 0 Å². The smallest absolute Gasteiger partial charge is 0.129 e. The Bertz CT molecular complexity index is 615. The van der Waals surface area contributed by atoms with E-state index in [-0.39, 0.29) is 12.0 Å². The largest absolute Gasteiger partial charge is 0.388 e. The van der Waals surface area contributed by atoms with Crippen LogP contribution in [0.2, 0.25) is 0 Å². The van der Waals surface area contributed by atoms with Crippen molar-refractivity contribution < 1.29 is 13.9 Å². The lowest BCUT2D eigenvalue weighted by molar-refractivity contribution is 0.175. The lowest BCUT2D eigenvalue weighted by Crippen LogP contribution is -2.08. The minimum Gasteiger partial charge on any atom is -0.388 e. The Morgan fingerprint density at radius 2 is 1.50 bits per heavy atom. The van der Waals surface area contributed by atoms with Gasteiger partial charge in [0.1, 0.15) is 11.6 Å². The zero-order valence-corrected chi connectivity index (χ0v) is 11.9. The van der Waals surface area contributed by atoms with Crippen LogP contribution >= 0.6 is 0 Å². The molecule has 0 aliphatic heterocycles. The molecular formula is C17H18F2O. The first-order valence-corrected chi connectivity index (χ1v) is 6.59. The van der Waals surface area contributed by atoms with Gasteiger partial charge in [0.2, 0.25) is 0 Å². The summed E-state index contributed by atoms with van der Waals surface area (Å²) >= 11 is 0. The SMILES string of the molecule is Cc1cc(C)c(C(O)Cc2c(F)cccc2F)cc1C. The van der Waals surface area contributed by atoms with Crippen LogP contribution in [0.3, 0.4) is 0 Å². The summed E-state index contributed by atoms with van der Waals surface area (Å²) in [6, 6.07) is 7.60. The van der Waals surface area contributed by atoms with Crippen LogP contribution in [0.25, 0.3) is 0 Å². The molecule has 0 spiro atoms. The second-order valence-electron chi connectivity index (χ2n) is 5.21. The van der Waals surface area contributed by atoms with E-state index in [4.69, 9.17) is 0 Å². The standard InChI is InChI=1S/C17H18F2O/c1-10-7-12(3)13(8-11(10)2)17(20)9-14-15(18)5-4-6-16(14)19/h4-8,17,20H,9H2,1-3H3. The summed E-state index contributed by atoms with van der Waals surface area (Å²) < 4.78 is 27.2. The van der Waals surface area contributed by atoms with Crippen LogP contribution in [-0.4, -0.2) is 5.11 Å². The van der Waals surface area contributed by atoms with Gasteiger partial charge >= 0.3 is 0 Å². The van der Waals surface area contributed by atoms with Crippen molar-refractivity contribution in [2.45, 2.75) is 33.3 Å². The fourth-order valence-corrected chi connectivity index (χ4v) is 2.37. The molecule has 2 aromatic carbocycles. The molecule has 2 aromatic rings. The molecule has 0 saturated carbocycles. The van der Waals surface area contributed by atoms with Gasteiger partial charge < -0.3 is 5.11 Å². The molecule has 0 aliphatic carbocycles. The van der Waals surface area contributed by atoms with Crippen molar-refractivity contribution >= 4 is 0 Å². The third kappa shape index (κ3) is 2.88. The van der Waals surface area contributed by atoms with E-state index in [1.807, 2.05) is 32.9 Å². The first kappa shape index (κ1) is 14.7. The van der Waals surface area contributed by atoms with E-state index in [1.165, 1.54) is 18.2 Å². The van der Waals surface area contributed by atoms with E-state index in [2.05, 4.69) is 0 Å². The molecule has 0 bridgehead atoms. The van der Waals surface area contributed by atoms with Crippen LogP contribution in [0.1, 0.15) is 33.9 Å². The van der Waals surface area contributed by atoms with Crippen molar-refractivity contribution in [2.75, 3.05) is 0 Å². The van der Waals surface area contributed by atoms with Gasteiger partial charge in [0.05, 0.1) is 6.10 Å². The molecule has 20 heavy (non-hydrogen) atoms. The Hall–Kier alpha value is -1.74. The van der Waals surface area contributed by atoms with Crippen LogP contribution in [0.15, 0.2) is 30.3 Å². The molecule has 1 nitrogen and oxygen atoms in total. The Morgan fingerprint density at radius 1 is 0.950 bits per heavy atom. The van der Waals surface area contributed by atoms with E-state index >= 15 is 0 Å². The van der Waals surface area contributed by atoms with Gasteiger partial charge in [0, 0.05) is 12.0 Å². The normalized spacial score (nSPS) is 12.5. The average Bonchev–Trinajstić information content (AvgIpc) is 2.38. The highest BCUT2D eigenvalue weighted by molar-refractivity contribution is 5.38. The molecule has 2 rings (SSSR count). The summed E-state index contributed by atoms with van der Waals surface area (Å²) in [6.45, 7) is 5.84. The molecule has 1 unspecified atom stereocenters. The second-order valence-corrected chi connectivity index (χ2v) is 5.21. The average molecular weight is 276 g/mol. The van der Waals surface area contributed by atoms with Gasteiger partial charge in [-0.2, -0.15) is 0 Å². The number of aliphatic hydroxyl groups excluding tert-OH is 1. The first-order chi connectivity index (χ1) is 9.40. The van der Waals surface area contributed by atoms with Gasteiger partial charge in [-0.15, -0.1) is 0 Å². The number of rotatable bonds is 3. The fraction of sp³-hybridized carbons (Fsp3) is 0.294. The minimum atomic E-state index is -0.916. The minimum absolute atomic E-state index is 0.0676. The van der Waals surface area contributed by atoms with Gasteiger partial charge in [-0.25, -0.2) is 8.78 Å². The highest BCUT2D eigenvalue weighted by Gasteiger charge is 2.17. The van der Waals surface area contributed by atoms with Crippen LogP contribution in [0, 0.1) is 32.4 Å². The number of hydrogen-bond donors (Lipinski definition) is 1. The maximum atomic E-state index is 13.6. The van der Waals surface area contributed by atoms with Gasteiger partial charge in [0.15, 0.2) is 0 Å². The summed E-state index contributed by atoms with van der Waals surface area (Å²) in [5.41, 5.74) is 3.76. The lowest BCUT2D eigenvalue weighted by atomic mass is 9.93. The second kappa shape index (κ2) is 5.71. The maximum absolute atomic E-state index is 13.6. The summed E-state index contributed by atoms with van der Waals surface area (Å²) in [7, 11) is 0. The third-order valence-corrected chi connectivity index (χ3v) is 3.70. The van der Waals surface area contributed by atoms with E-state index in [1.54, 1.807) is 0 Å². The third-order valence-electron chi connectivity index (χ3n) is 3.70. The summed E-state index contributed by atoms with van der Waals surface area (Å²) in [4.78, 5) is 0. The van der Waals surface area contributed by atoms with E-state index in [9.17, 15) is 13.9 Å². The van der Waals surface area contributed by atoms with Crippen molar-refractivity contribution in [3.63, 3.8) is 0 Å². The molecule has 0 fully saturated rings. The first-order valence-electron chi connectivity index (χ1n) is 6.59. The van der Waals surface area contributed by atoms with E-state index < -0.39 is 17.7 Å². The Balaban J connectivity index is 2.33. The predicted octanol–water partition coefficient (Wildman–Crippen LogP) is 4.17. The number of aliphatic hydroxyl groups is 1. The molecule has 3 heteroatoms. The quantitative estimate of drug-likeness (QED) is 0.892. The van der Waals surface area contributed by atoms with Crippen molar-refractivity contribution in [1.29, 1.82) is 0 Å². The Morgan fingerprint density at radius 3 is 2.10 bits per heavy atom. The van der Waals surface area contributed by atoms with Crippen molar-refractivity contribution in [2.24, 2.45) is 0 Å². The summed E-state index contributed by atoms with van der Waals surface area (Å²) in [5.74, 6) is -1.24. The van der Waals surface area contributed by atoms with Gasteiger partial charge in [-0.05, 0) is 55.2 Å². The van der Waals surface area contributed by atoms with E-state index in [0.717, 1.165) is 22.3 Å². The zero-order valence-electron chi connectivity index (χ0n) is 11.9. The van der Waals surface area contributed by atoms with Crippen molar-refractivity contribution in [1.82, 2.24) is 0 Å². The molecule has 1 N–H and O–H groups in total. The predicted molar refractivity (Wildman–Crippen MR) is 75.7 cm³/mol. The number of halogens is 2. The monoisotopic (exact) mass is 276 g/mol. The molecule has 0 saturated heterocycles. The molecular weight excluding hydrogens is 258 g/mol. The molecule has 0 radical (unpaired) electrons. The molecule has 0 amide bonds. The zero-order chi connectivity index (χ0) is 14.9. The lowest BCUT2D eigenvalue weighted by Gasteiger charge is -2.16. The molecule has 0 heterocycles. The van der Waals surface area contributed by atoms with Crippen LogP contribution in [0.4, 0.5) is 8.78 Å². The Labute approximate surface area is 117 Å². The van der Waals surface area contributed by atoms with Gasteiger partial charge in [0.25, 0.3) is 0 Å². The summed E-state index contributed by atoms with van der Waals surface area (Å²) in [5, 5.41) is 10.3. The molecule has 0 aromatic heterocycles. The van der Waals surface area contributed by atoms with Crippen molar-refractivity contribution in [3.05, 3.63) is 69.8 Å². The molecule has 106 valence electrons. The number of aryl methyl sites for hydroxylation is 3. The molecule has 1 atom stereocenters. The highest BCUT2D eigenvalue weighted by atomic mass is 19.1. The van der Waals surface area contributed by atoms with Crippen LogP contribution in [0.5, 0.6) is 0 Å². The van der Waals surface area contributed by atoms with E-state index in [0.29, 0.717) is 0 Å². The Kier molecular flexibility index (Phi) is 4.19. The summed E-state index contributed by atoms with van der Waals surface area (Å²) in [6.07, 6.45) is -0.984. The van der Waals surface area contributed by atoms with Gasteiger partial charge in [-0.3, -0.25) is 0 Å². The number of hydrogen-bond acceptors (Lipinski definition) is 1. The fourth-order valence-electron chi connectivity index (χ4n) is 2.37. The van der Waals surface area contributed by atoms with Crippen molar-refractivity contribution in [3.8, 4) is 0 Å². The molecule has 0 aliphatic rings. The van der Waals surface area contributed by atoms with Gasteiger partial charge in [-0.1, -0.05) is 18.2 Å². The topological polar surface area (TPSA) is 20.2 Å². The highest BCUT2D eigenvalue weighted by Crippen LogP contribution is 2.26. The number of benzene rings is 2.